The summed E-state index contributed by atoms with van der Waals surface area (Å²) in [5, 5.41) is 2.05. The van der Waals surface area contributed by atoms with E-state index in [2.05, 4.69) is 22.0 Å². The molecular formula is C17H19BrO4S. The molecule has 0 spiro atoms. The first-order valence-corrected chi connectivity index (χ1v) is 9.05. The van der Waals surface area contributed by atoms with Gasteiger partial charge in [-0.15, -0.1) is 11.3 Å². The van der Waals surface area contributed by atoms with Crippen LogP contribution in [-0.4, -0.2) is 32.4 Å². The Labute approximate surface area is 148 Å². The van der Waals surface area contributed by atoms with Crippen LogP contribution >= 0.6 is 27.3 Å². The van der Waals surface area contributed by atoms with Crippen molar-refractivity contribution in [3.63, 3.8) is 0 Å². The lowest BCUT2D eigenvalue weighted by atomic mass is 10.3. The van der Waals surface area contributed by atoms with Gasteiger partial charge in [-0.3, -0.25) is 0 Å². The molecule has 0 bridgehead atoms. The van der Waals surface area contributed by atoms with Gasteiger partial charge in [-0.2, -0.15) is 0 Å². The van der Waals surface area contributed by atoms with Gasteiger partial charge in [-0.1, -0.05) is 18.2 Å². The van der Waals surface area contributed by atoms with Gasteiger partial charge in [0.1, 0.15) is 19.0 Å². The molecule has 0 atom stereocenters. The monoisotopic (exact) mass is 398 g/mol. The molecule has 2 aromatic rings. The average molecular weight is 399 g/mol. The van der Waals surface area contributed by atoms with Crippen LogP contribution in [0, 0.1) is 0 Å². The van der Waals surface area contributed by atoms with Crippen molar-refractivity contribution in [1.82, 2.24) is 0 Å². The summed E-state index contributed by atoms with van der Waals surface area (Å²) in [6.07, 6.45) is 1.73. The standard InChI is InChI=1S/C17H19BrO4S/c18-14-11-16(23-13-14)7-4-8-22-17(19)12-20-9-10-21-15-5-2-1-3-6-15/h1-3,5-6,11,13H,4,7-10,12H2. The second-order valence-electron chi connectivity index (χ2n) is 4.77. The van der Waals surface area contributed by atoms with E-state index in [1.54, 1.807) is 11.3 Å². The normalized spacial score (nSPS) is 10.5. The summed E-state index contributed by atoms with van der Waals surface area (Å²) in [6, 6.07) is 11.6. The fourth-order valence-electron chi connectivity index (χ4n) is 1.85. The maximum atomic E-state index is 11.5. The van der Waals surface area contributed by atoms with Crippen molar-refractivity contribution in [3.8, 4) is 5.75 Å². The van der Waals surface area contributed by atoms with E-state index in [4.69, 9.17) is 14.2 Å². The number of hydrogen-bond acceptors (Lipinski definition) is 5. The summed E-state index contributed by atoms with van der Waals surface area (Å²) < 4.78 is 16.9. The Hall–Kier alpha value is -1.37. The van der Waals surface area contributed by atoms with Crippen LogP contribution in [0.1, 0.15) is 11.3 Å². The maximum absolute atomic E-state index is 11.5. The van der Waals surface area contributed by atoms with Gasteiger partial charge in [0, 0.05) is 14.7 Å². The summed E-state index contributed by atoms with van der Waals surface area (Å²) in [5.41, 5.74) is 0. The van der Waals surface area contributed by atoms with Crippen LogP contribution in [0.15, 0.2) is 46.3 Å². The van der Waals surface area contributed by atoms with Gasteiger partial charge in [0.05, 0.1) is 13.2 Å². The van der Waals surface area contributed by atoms with Crippen LogP contribution in [0.2, 0.25) is 0 Å². The van der Waals surface area contributed by atoms with Crippen LogP contribution in [-0.2, 0) is 20.7 Å². The topological polar surface area (TPSA) is 44.8 Å². The molecule has 0 fully saturated rings. The Bertz CT molecular complexity index is 585. The molecule has 0 N–H and O–H groups in total. The van der Waals surface area contributed by atoms with Gasteiger partial charge in [0.15, 0.2) is 0 Å². The van der Waals surface area contributed by atoms with Crippen molar-refractivity contribution in [2.24, 2.45) is 0 Å². The van der Waals surface area contributed by atoms with Crippen molar-refractivity contribution < 1.29 is 19.0 Å². The summed E-state index contributed by atoms with van der Waals surface area (Å²) >= 11 is 5.12. The first-order chi connectivity index (χ1) is 11.2. The zero-order valence-corrected chi connectivity index (χ0v) is 15.1. The molecule has 6 heteroatoms. The van der Waals surface area contributed by atoms with Crippen molar-refractivity contribution in [1.29, 1.82) is 0 Å². The number of halogens is 1. The number of ether oxygens (including phenoxy) is 3. The first-order valence-electron chi connectivity index (χ1n) is 7.38. The molecule has 2 rings (SSSR count). The molecule has 0 amide bonds. The highest BCUT2D eigenvalue weighted by Crippen LogP contribution is 2.20. The minimum Gasteiger partial charge on any atom is -0.491 e. The molecule has 0 saturated carbocycles. The molecule has 1 heterocycles. The number of hydrogen-bond donors (Lipinski definition) is 0. The predicted molar refractivity (Wildman–Crippen MR) is 94.1 cm³/mol. The largest absolute Gasteiger partial charge is 0.491 e. The van der Waals surface area contributed by atoms with Crippen molar-refractivity contribution >= 4 is 33.2 Å². The Morgan fingerprint density at radius 2 is 1.96 bits per heavy atom. The van der Waals surface area contributed by atoms with E-state index >= 15 is 0 Å². The quantitative estimate of drug-likeness (QED) is 0.446. The van der Waals surface area contributed by atoms with Crippen LogP contribution in [0.25, 0.3) is 0 Å². The lowest BCUT2D eigenvalue weighted by Crippen LogP contribution is -2.16. The number of aryl methyl sites for hydroxylation is 1. The zero-order chi connectivity index (χ0) is 16.3. The molecule has 0 radical (unpaired) electrons. The minimum absolute atomic E-state index is 0.0390. The number of carbonyl (C=O) groups excluding carboxylic acids is 1. The van der Waals surface area contributed by atoms with Gasteiger partial charge in [-0.05, 0) is 47.0 Å². The van der Waals surface area contributed by atoms with Crippen LogP contribution in [0.3, 0.4) is 0 Å². The molecule has 124 valence electrons. The van der Waals surface area contributed by atoms with Gasteiger partial charge in [-0.25, -0.2) is 4.79 Å². The molecular weight excluding hydrogens is 380 g/mol. The SMILES string of the molecule is O=C(COCCOc1ccccc1)OCCCc1cc(Br)cs1. The average Bonchev–Trinajstić information content (AvgIpc) is 2.98. The Morgan fingerprint density at radius 3 is 2.70 bits per heavy atom. The second-order valence-corrected chi connectivity index (χ2v) is 6.68. The van der Waals surface area contributed by atoms with Crippen molar-refractivity contribution in [2.45, 2.75) is 12.8 Å². The highest BCUT2D eigenvalue weighted by Gasteiger charge is 2.04. The van der Waals surface area contributed by atoms with Gasteiger partial charge in [0.25, 0.3) is 0 Å². The molecule has 0 aliphatic carbocycles. The molecule has 0 aliphatic heterocycles. The first kappa shape index (κ1) is 18.0. The van der Waals surface area contributed by atoms with Crippen LogP contribution < -0.4 is 4.74 Å². The number of carbonyl (C=O) groups is 1. The Kier molecular flexibility index (Phi) is 8.14. The summed E-state index contributed by atoms with van der Waals surface area (Å²) in [7, 11) is 0. The number of para-hydroxylation sites is 1. The summed E-state index contributed by atoms with van der Waals surface area (Å²) in [4.78, 5) is 12.8. The maximum Gasteiger partial charge on any atom is 0.332 e. The van der Waals surface area contributed by atoms with E-state index in [1.165, 1.54) is 4.88 Å². The summed E-state index contributed by atoms with van der Waals surface area (Å²) in [5.74, 6) is 0.455. The van der Waals surface area contributed by atoms with Gasteiger partial charge < -0.3 is 14.2 Å². The van der Waals surface area contributed by atoms with E-state index in [0.717, 1.165) is 23.1 Å². The Morgan fingerprint density at radius 1 is 1.13 bits per heavy atom. The fraction of sp³-hybridized carbons (Fsp3) is 0.353. The Balaban J connectivity index is 1.45. The number of thiophene rings is 1. The highest BCUT2D eigenvalue weighted by molar-refractivity contribution is 9.10. The lowest BCUT2D eigenvalue weighted by Gasteiger charge is -2.07. The lowest BCUT2D eigenvalue weighted by molar-refractivity contribution is -0.149. The third kappa shape index (κ3) is 7.63. The zero-order valence-electron chi connectivity index (χ0n) is 12.7. The van der Waals surface area contributed by atoms with Crippen LogP contribution in [0.5, 0.6) is 5.75 Å². The minimum atomic E-state index is -0.336. The summed E-state index contributed by atoms with van der Waals surface area (Å²) in [6.45, 7) is 1.14. The highest BCUT2D eigenvalue weighted by atomic mass is 79.9. The number of esters is 1. The smallest absolute Gasteiger partial charge is 0.332 e. The molecule has 0 unspecified atom stereocenters. The van der Waals surface area contributed by atoms with E-state index < -0.39 is 0 Å². The number of benzene rings is 1. The van der Waals surface area contributed by atoms with E-state index in [9.17, 15) is 4.79 Å². The van der Waals surface area contributed by atoms with Crippen LogP contribution in [0.4, 0.5) is 0 Å². The molecule has 4 nitrogen and oxygen atoms in total. The molecule has 0 aliphatic rings. The molecule has 23 heavy (non-hydrogen) atoms. The fourth-order valence-corrected chi connectivity index (χ4v) is 3.35. The number of rotatable bonds is 10. The molecule has 1 aromatic heterocycles. The third-order valence-electron chi connectivity index (χ3n) is 2.91. The molecule has 0 saturated heterocycles. The van der Waals surface area contributed by atoms with E-state index in [1.807, 2.05) is 35.7 Å². The van der Waals surface area contributed by atoms with E-state index in [-0.39, 0.29) is 12.6 Å². The predicted octanol–water partition coefficient (Wildman–Crippen LogP) is 4.08. The van der Waals surface area contributed by atoms with Crippen molar-refractivity contribution in [2.75, 3.05) is 26.4 Å². The second kappa shape index (κ2) is 10.4. The van der Waals surface area contributed by atoms with Gasteiger partial charge in [0.2, 0.25) is 0 Å². The molecule has 1 aromatic carbocycles. The van der Waals surface area contributed by atoms with E-state index in [0.29, 0.717) is 19.8 Å². The third-order valence-corrected chi connectivity index (χ3v) is 4.67. The van der Waals surface area contributed by atoms with Gasteiger partial charge >= 0.3 is 5.97 Å². The van der Waals surface area contributed by atoms with Crippen molar-refractivity contribution in [3.05, 3.63) is 51.1 Å².